The number of phenols is 1. The predicted molar refractivity (Wildman–Crippen MR) is 133 cm³/mol. The molecule has 1 fully saturated rings. The minimum Gasteiger partial charge on any atom is -0.508 e. The first-order valence-electron chi connectivity index (χ1n) is 10.9. The summed E-state index contributed by atoms with van der Waals surface area (Å²) in [5.74, 6) is 0.227. The molecule has 1 aliphatic heterocycles. The molecule has 4 heterocycles. The number of aromatic nitrogens is 3. The Morgan fingerprint density at radius 1 is 1.00 bits per heavy atom. The molecule has 7 heteroatoms. The summed E-state index contributed by atoms with van der Waals surface area (Å²) >= 11 is 5.81. The fourth-order valence-corrected chi connectivity index (χ4v) is 4.95. The molecule has 2 N–H and O–H groups in total. The van der Waals surface area contributed by atoms with E-state index in [-0.39, 0.29) is 17.8 Å². The number of pyridine rings is 2. The van der Waals surface area contributed by atoms with E-state index in [0.717, 1.165) is 17.9 Å². The van der Waals surface area contributed by atoms with Crippen molar-refractivity contribution in [3.8, 4) is 5.75 Å². The number of hydrogen-bond acceptors (Lipinski definition) is 4. The molecule has 0 aliphatic carbocycles. The number of nitrogens with one attached hydrogen (secondary N) is 1. The Morgan fingerprint density at radius 3 is 2.45 bits per heavy atom. The molecule has 1 aromatic carbocycles. The average molecular weight is 456 g/mol. The van der Waals surface area contributed by atoms with Crippen molar-refractivity contribution in [2.75, 3.05) is 4.90 Å². The van der Waals surface area contributed by atoms with E-state index < -0.39 is 0 Å². The first-order valence-corrected chi connectivity index (χ1v) is 11.3. The van der Waals surface area contributed by atoms with Gasteiger partial charge in [0.2, 0.25) is 0 Å². The summed E-state index contributed by atoms with van der Waals surface area (Å²) in [5.41, 5.74) is 6.62. The van der Waals surface area contributed by atoms with Crippen molar-refractivity contribution in [1.29, 1.82) is 0 Å². The van der Waals surface area contributed by atoms with E-state index in [1.807, 2.05) is 61.1 Å². The highest BCUT2D eigenvalue weighted by atomic mass is 32.1. The van der Waals surface area contributed by atoms with E-state index in [4.69, 9.17) is 12.2 Å². The van der Waals surface area contributed by atoms with Crippen LogP contribution in [-0.2, 0) is 6.54 Å². The van der Waals surface area contributed by atoms with Gasteiger partial charge < -0.3 is 19.9 Å². The molecular weight excluding hydrogens is 430 g/mol. The van der Waals surface area contributed by atoms with Gasteiger partial charge in [-0.2, -0.15) is 0 Å². The lowest BCUT2D eigenvalue weighted by atomic mass is 9.96. The van der Waals surface area contributed by atoms with Crippen LogP contribution in [0.3, 0.4) is 0 Å². The van der Waals surface area contributed by atoms with Crippen molar-refractivity contribution in [2.45, 2.75) is 32.5 Å². The quantitative estimate of drug-likeness (QED) is 0.421. The lowest BCUT2D eigenvalue weighted by Gasteiger charge is -2.28. The van der Waals surface area contributed by atoms with Crippen LogP contribution >= 0.6 is 12.2 Å². The maximum Gasteiger partial charge on any atom is 0.174 e. The second-order valence-electron chi connectivity index (χ2n) is 8.28. The topological polar surface area (TPSA) is 66.2 Å². The Bertz CT molecular complexity index is 1270. The highest BCUT2D eigenvalue weighted by Crippen LogP contribution is 2.43. The average Bonchev–Trinajstić information content (AvgIpc) is 3.32. The fourth-order valence-electron chi connectivity index (χ4n) is 4.60. The van der Waals surface area contributed by atoms with E-state index in [9.17, 15) is 5.11 Å². The van der Waals surface area contributed by atoms with Crippen LogP contribution in [-0.4, -0.2) is 24.8 Å². The number of aryl methyl sites for hydroxylation is 1. The van der Waals surface area contributed by atoms with Crippen LogP contribution < -0.4 is 10.2 Å². The van der Waals surface area contributed by atoms with Gasteiger partial charge in [0.15, 0.2) is 5.11 Å². The fraction of sp³-hybridized carbons (Fsp3) is 0.192. The van der Waals surface area contributed by atoms with Gasteiger partial charge >= 0.3 is 0 Å². The van der Waals surface area contributed by atoms with Gasteiger partial charge in [-0.25, -0.2) is 0 Å². The lowest BCUT2D eigenvalue weighted by Crippen LogP contribution is -2.29. The number of nitrogens with zero attached hydrogens (tertiary/aromatic N) is 4. The summed E-state index contributed by atoms with van der Waals surface area (Å²) < 4.78 is 2.33. The standard InChI is InChI=1S/C26H25N5OS/c1-17-15-22(18(2)30(17)16-19-10-13-27-14-11-19)25-24(23-5-3-4-12-28-23)29-26(33)31(25)20-6-8-21(32)9-7-20/h3-15,24-25,32H,16H2,1-2H3,(H,29,33)/t24-,25+/m1/s1. The zero-order valence-corrected chi connectivity index (χ0v) is 19.3. The molecule has 6 nitrogen and oxygen atoms in total. The summed E-state index contributed by atoms with van der Waals surface area (Å²) in [6, 6.07) is 19.3. The van der Waals surface area contributed by atoms with Crippen molar-refractivity contribution >= 4 is 23.0 Å². The van der Waals surface area contributed by atoms with Crippen molar-refractivity contribution in [2.24, 2.45) is 0 Å². The molecule has 0 spiro atoms. The summed E-state index contributed by atoms with van der Waals surface area (Å²) in [5, 5.41) is 14.0. The number of benzene rings is 1. The van der Waals surface area contributed by atoms with Gasteiger partial charge in [-0.1, -0.05) is 6.07 Å². The number of thiocarbonyl (C=S) groups is 1. The third kappa shape index (κ3) is 3.96. The van der Waals surface area contributed by atoms with Gasteiger partial charge in [0.1, 0.15) is 5.75 Å². The second-order valence-corrected chi connectivity index (χ2v) is 8.67. The molecule has 0 bridgehead atoms. The normalized spacial score (nSPS) is 17.9. The Kier molecular flexibility index (Phi) is 5.56. The number of aromatic hydroxyl groups is 1. The first kappa shape index (κ1) is 21.2. The molecule has 33 heavy (non-hydrogen) atoms. The van der Waals surface area contributed by atoms with E-state index in [0.29, 0.717) is 5.11 Å². The third-order valence-corrected chi connectivity index (χ3v) is 6.56. The molecule has 4 aromatic rings. The van der Waals surface area contributed by atoms with Crippen molar-refractivity contribution in [3.05, 3.63) is 107 Å². The highest BCUT2D eigenvalue weighted by molar-refractivity contribution is 7.80. The summed E-state index contributed by atoms with van der Waals surface area (Å²) in [4.78, 5) is 10.9. The number of rotatable bonds is 5. The third-order valence-electron chi connectivity index (χ3n) is 6.25. The van der Waals surface area contributed by atoms with Gasteiger partial charge in [0.25, 0.3) is 0 Å². The smallest absolute Gasteiger partial charge is 0.174 e. The van der Waals surface area contributed by atoms with Crippen LogP contribution in [0.2, 0.25) is 0 Å². The zero-order chi connectivity index (χ0) is 22.9. The first-order chi connectivity index (χ1) is 16.0. The van der Waals surface area contributed by atoms with Crippen LogP contribution in [0.5, 0.6) is 5.75 Å². The SMILES string of the molecule is Cc1cc([C@H]2[C@@H](c3ccccn3)NC(=S)N2c2ccc(O)cc2)c(C)n1Cc1ccncc1. The summed E-state index contributed by atoms with van der Waals surface area (Å²) in [6.07, 6.45) is 5.47. The Morgan fingerprint density at radius 2 is 1.76 bits per heavy atom. The van der Waals surface area contributed by atoms with Crippen LogP contribution in [0.1, 0.15) is 40.3 Å². The molecule has 3 aromatic heterocycles. The minimum absolute atomic E-state index is 0.0886. The number of anilines is 1. The van der Waals surface area contributed by atoms with E-state index in [2.05, 4.69) is 44.7 Å². The van der Waals surface area contributed by atoms with E-state index >= 15 is 0 Å². The molecule has 2 atom stereocenters. The van der Waals surface area contributed by atoms with Crippen LogP contribution in [0.25, 0.3) is 0 Å². The van der Waals surface area contributed by atoms with Crippen molar-refractivity contribution < 1.29 is 5.11 Å². The second kappa shape index (κ2) is 8.67. The molecule has 0 radical (unpaired) electrons. The number of hydrogen-bond donors (Lipinski definition) is 2. The Labute approximate surface area is 198 Å². The van der Waals surface area contributed by atoms with Gasteiger partial charge in [-0.15, -0.1) is 0 Å². The minimum atomic E-state index is -0.109. The van der Waals surface area contributed by atoms with Crippen LogP contribution in [0.15, 0.2) is 79.3 Å². The molecule has 1 aliphatic rings. The summed E-state index contributed by atoms with van der Waals surface area (Å²) in [7, 11) is 0. The van der Waals surface area contributed by atoms with Gasteiger partial charge in [0.05, 0.1) is 17.8 Å². The van der Waals surface area contributed by atoms with Gasteiger partial charge in [-0.3, -0.25) is 9.97 Å². The Hall–Kier alpha value is -3.71. The van der Waals surface area contributed by atoms with Crippen molar-refractivity contribution in [3.63, 3.8) is 0 Å². The molecule has 1 saturated heterocycles. The molecule has 166 valence electrons. The molecule has 0 amide bonds. The van der Waals surface area contributed by atoms with E-state index in [1.54, 1.807) is 12.1 Å². The zero-order valence-electron chi connectivity index (χ0n) is 18.5. The Balaban J connectivity index is 1.62. The summed E-state index contributed by atoms with van der Waals surface area (Å²) in [6.45, 7) is 5.08. The van der Waals surface area contributed by atoms with Crippen LogP contribution in [0, 0.1) is 13.8 Å². The molecule has 0 unspecified atom stereocenters. The largest absolute Gasteiger partial charge is 0.508 e. The van der Waals surface area contributed by atoms with Gasteiger partial charge in [-0.05, 0) is 91.8 Å². The highest BCUT2D eigenvalue weighted by Gasteiger charge is 2.42. The van der Waals surface area contributed by atoms with E-state index in [1.165, 1.54) is 22.5 Å². The van der Waals surface area contributed by atoms with Crippen molar-refractivity contribution in [1.82, 2.24) is 19.9 Å². The van der Waals surface area contributed by atoms with Gasteiger partial charge in [0, 0.05) is 42.2 Å². The molecule has 0 saturated carbocycles. The maximum absolute atomic E-state index is 9.82. The number of phenolic OH excluding ortho intramolecular Hbond substituents is 1. The monoisotopic (exact) mass is 455 g/mol. The van der Waals surface area contributed by atoms with Crippen LogP contribution in [0.4, 0.5) is 5.69 Å². The predicted octanol–water partition coefficient (Wildman–Crippen LogP) is 4.83. The lowest BCUT2D eigenvalue weighted by molar-refractivity contribution is 0.475. The molecule has 5 rings (SSSR count). The molecular formula is C26H25N5OS. The maximum atomic E-state index is 9.82.